The fourth-order valence-electron chi connectivity index (χ4n) is 4.35. The Morgan fingerprint density at radius 1 is 1.11 bits per heavy atom. The fourth-order valence-corrected chi connectivity index (χ4v) is 4.65. The molecule has 1 aromatic heterocycles. The predicted molar refractivity (Wildman–Crippen MR) is 114 cm³/mol. The average molecular weight is 382 g/mol. The molecule has 0 amide bonds. The molecular formula is C23H28ClN3. The predicted octanol–water partition coefficient (Wildman–Crippen LogP) is 6.25. The van der Waals surface area contributed by atoms with Crippen LogP contribution in [-0.4, -0.2) is 16.5 Å². The van der Waals surface area contributed by atoms with E-state index >= 15 is 0 Å². The minimum Gasteiger partial charge on any atom is -0.344 e. The Balaban J connectivity index is 1.40. The van der Waals surface area contributed by atoms with Crippen molar-refractivity contribution < 1.29 is 0 Å². The molecule has 0 radical (unpaired) electrons. The molecule has 0 bridgehead atoms. The number of fused-ring (bicyclic) bond motifs is 1. The summed E-state index contributed by atoms with van der Waals surface area (Å²) in [5, 5.41) is 4.40. The van der Waals surface area contributed by atoms with Gasteiger partial charge < -0.3 is 10.3 Å². The lowest BCUT2D eigenvalue weighted by Crippen LogP contribution is -2.19. The molecule has 4 rings (SSSR count). The van der Waals surface area contributed by atoms with Crippen molar-refractivity contribution in [1.29, 1.82) is 0 Å². The summed E-state index contributed by atoms with van der Waals surface area (Å²) < 4.78 is 0. The van der Waals surface area contributed by atoms with E-state index in [0.29, 0.717) is 0 Å². The van der Waals surface area contributed by atoms with Gasteiger partial charge in [-0.25, -0.2) is 4.98 Å². The number of nitrogens with zero attached hydrogens (tertiary/aromatic N) is 1. The smallest absolute Gasteiger partial charge is 0.0931 e. The Kier molecular flexibility index (Phi) is 5.80. The van der Waals surface area contributed by atoms with Gasteiger partial charge in [0, 0.05) is 17.1 Å². The lowest BCUT2D eigenvalue weighted by Gasteiger charge is -2.21. The van der Waals surface area contributed by atoms with Crippen LogP contribution in [0.15, 0.2) is 36.7 Å². The standard InChI is InChI=1S/C23H28ClN3/c1-16-19(9-10-22-23(16)27-15-26-22)20-8-7-18(13-21(20)24)14-25-12-11-17-5-3-2-4-6-17/h7-10,13,15,17,25H,2-6,11-12,14H2,1H3,(H,26,27). The van der Waals surface area contributed by atoms with Gasteiger partial charge in [0.1, 0.15) is 0 Å². The van der Waals surface area contributed by atoms with Gasteiger partial charge >= 0.3 is 0 Å². The molecule has 0 unspecified atom stereocenters. The average Bonchev–Trinajstić information content (AvgIpc) is 3.17. The molecule has 2 N–H and O–H groups in total. The highest BCUT2D eigenvalue weighted by Crippen LogP contribution is 2.33. The van der Waals surface area contributed by atoms with Gasteiger partial charge in [0.25, 0.3) is 0 Å². The second-order valence-corrected chi connectivity index (χ2v) is 8.23. The maximum atomic E-state index is 6.64. The van der Waals surface area contributed by atoms with Crippen LogP contribution in [0.5, 0.6) is 0 Å². The summed E-state index contributed by atoms with van der Waals surface area (Å²) in [4.78, 5) is 7.56. The number of hydrogen-bond donors (Lipinski definition) is 2. The van der Waals surface area contributed by atoms with Gasteiger partial charge in [-0.15, -0.1) is 0 Å². The SMILES string of the molecule is Cc1c(-c2ccc(CNCCC3CCCCC3)cc2Cl)ccc2nc[nH]c12. The summed E-state index contributed by atoms with van der Waals surface area (Å²) in [5.74, 6) is 0.928. The zero-order valence-electron chi connectivity index (χ0n) is 16.0. The maximum Gasteiger partial charge on any atom is 0.0931 e. The van der Waals surface area contributed by atoms with Crippen LogP contribution in [0.4, 0.5) is 0 Å². The van der Waals surface area contributed by atoms with E-state index in [9.17, 15) is 0 Å². The van der Waals surface area contributed by atoms with Crippen molar-refractivity contribution in [2.45, 2.75) is 52.0 Å². The van der Waals surface area contributed by atoms with Gasteiger partial charge in [-0.1, -0.05) is 61.9 Å². The number of halogens is 1. The van der Waals surface area contributed by atoms with Crippen LogP contribution < -0.4 is 5.32 Å². The van der Waals surface area contributed by atoms with Crippen molar-refractivity contribution in [2.75, 3.05) is 6.54 Å². The molecule has 4 heteroatoms. The summed E-state index contributed by atoms with van der Waals surface area (Å²) in [5.41, 5.74) is 6.74. The topological polar surface area (TPSA) is 40.7 Å². The third-order valence-corrected chi connectivity index (χ3v) is 6.28. The number of imidazole rings is 1. The molecule has 27 heavy (non-hydrogen) atoms. The van der Waals surface area contributed by atoms with E-state index in [4.69, 9.17) is 11.6 Å². The van der Waals surface area contributed by atoms with Crippen molar-refractivity contribution >= 4 is 22.6 Å². The number of rotatable bonds is 6. The summed E-state index contributed by atoms with van der Waals surface area (Å²) >= 11 is 6.64. The van der Waals surface area contributed by atoms with Crippen LogP contribution in [0, 0.1) is 12.8 Å². The summed E-state index contributed by atoms with van der Waals surface area (Å²) in [6.45, 7) is 4.10. The van der Waals surface area contributed by atoms with E-state index in [2.05, 4.69) is 46.5 Å². The van der Waals surface area contributed by atoms with Crippen LogP contribution in [0.1, 0.15) is 49.7 Å². The van der Waals surface area contributed by atoms with Crippen molar-refractivity contribution in [3.63, 3.8) is 0 Å². The zero-order chi connectivity index (χ0) is 18.6. The molecule has 1 fully saturated rings. The van der Waals surface area contributed by atoms with Crippen LogP contribution in [0.25, 0.3) is 22.2 Å². The first-order valence-electron chi connectivity index (χ1n) is 10.1. The minimum absolute atomic E-state index is 0.809. The largest absolute Gasteiger partial charge is 0.344 e. The van der Waals surface area contributed by atoms with Gasteiger partial charge in [-0.05, 0) is 54.6 Å². The van der Waals surface area contributed by atoms with Gasteiger partial charge in [0.05, 0.1) is 17.4 Å². The monoisotopic (exact) mass is 381 g/mol. The molecule has 0 atom stereocenters. The van der Waals surface area contributed by atoms with E-state index in [0.717, 1.165) is 46.2 Å². The van der Waals surface area contributed by atoms with E-state index in [1.807, 2.05) is 6.07 Å². The molecule has 0 spiro atoms. The first-order chi connectivity index (χ1) is 13.2. The summed E-state index contributed by atoms with van der Waals surface area (Å²) in [7, 11) is 0. The summed E-state index contributed by atoms with van der Waals surface area (Å²) in [6, 6.07) is 10.6. The van der Waals surface area contributed by atoms with E-state index in [1.54, 1.807) is 6.33 Å². The quantitative estimate of drug-likeness (QED) is 0.495. The number of nitrogens with one attached hydrogen (secondary N) is 2. The highest BCUT2D eigenvalue weighted by molar-refractivity contribution is 6.33. The maximum absolute atomic E-state index is 6.64. The molecule has 1 aliphatic rings. The Morgan fingerprint density at radius 3 is 2.74 bits per heavy atom. The van der Waals surface area contributed by atoms with Crippen molar-refractivity contribution in [3.8, 4) is 11.1 Å². The number of H-pyrrole nitrogens is 1. The molecule has 0 aliphatic heterocycles. The van der Waals surface area contributed by atoms with Crippen molar-refractivity contribution in [1.82, 2.24) is 15.3 Å². The molecule has 2 aromatic carbocycles. The van der Waals surface area contributed by atoms with Crippen LogP contribution in [0.2, 0.25) is 5.02 Å². The number of aromatic amines is 1. The number of hydrogen-bond acceptors (Lipinski definition) is 2. The second-order valence-electron chi connectivity index (χ2n) is 7.82. The minimum atomic E-state index is 0.809. The Bertz CT molecular complexity index is 909. The second kappa shape index (κ2) is 8.45. The molecule has 1 saturated carbocycles. The Labute approximate surface area is 166 Å². The molecular weight excluding hydrogens is 354 g/mol. The first kappa shape index (κ1) is 18.5. The first-order valence-corrected chi connectivity index (χ1v) is 10.5. The molecule has 1 heterocycles. The van der Waals surface area contributed by atoms with Gasteiger partial charge in [-0.2, -0.15) is 0 Å². The number of aromatic nitrogens is 2. The third kappa shape index (κ3) is 4.20. The highest BCUT2D eigenvalue weighted by atomic mass is 35.5. The van der Waals surface area contributed by atoms with Crippen molar-refractivity contribution in [3.05, 3.63) is 52.8 Å². The lowest BCUT2D eigenvalue weighted by atomic mass is 9.87. The number of benzene rings is 2. The molecule has 3 aromatic rings. The molecule has 142 valence electrons. The molecule has 0 saturated heterocycles. The van der Waals surface area contributed by atoms with E-state index in [1.165, 1.54) is 49.7 Å². The number of aryl methyl sites for hydroxylation is 1. The van der Waals surface area contributed by atoms with Crippen LogP contribution >= 0.6 is 11.6 Å². The third-order valence-electron chi connectivity index (χ3n) is 5.96. The van der Waals surface area contributed by atoms with Gasteiger partial charge in [-0.3, -0.25) is 0 Å². The molecule has 3 nitrogen and oxygen atoms in total. The van der Waals surface area contributed by atoms with Crippen LogP contribution in [0.3, 0.4) is 0 Å². The lowest BCUT2D eigenvalue weighted by molar-refractivity contribution is 0.334. The van der Waals surface area contributed by atoms with Crippen molar-refractivity contribution in [2.24, 2.45) is 5.92 Å². The van der Waals surface area contributed by atoms with Gasteiger partial charge in [0.15, 0.2) is 0 Å². The van der Waals surface area contributed by atoms with Gasteiger partial charge in [0.2, 0.25) is 0 Å². The fraction of sp³-hybridized carbons (Fsp3) is 0.435. The Hall–Kier alpha value is -1.84. The Morgan fingerprint density at radius 2 is 1.93 bits per heavy atom. The zero-order valence-corrected chi connectivity index (χ0v) is 16.8. The molecule has 1 aliphatic carbocycles. The van der Waals surface area contributed by atoms with E-state index in [-0.39, 0.29) is 0 Å². The van der Waals surface area contributed by atoms with Crippen LogP contribution in [-0.2, 0) is 6.54 Å². The highest BCUT2D eigenvalue weighted by Gasteiger charge is 2.13. The van der Waals surface area contributed by atoms with E-state index < -0.39 is 0 Å². The normalized spacial score (nSPS) is 15.5. The summed E-state index contributed by atoms with van der Waals surface area (Å²) in [6.07, 6.45) is 10.2.